The van der Waals surface area contributed by atoms with Crippen LogP contribution in [-0.4, -0.2) is 52.6 Å². The molecule has 0 N–H and O–H groups in total. The highest BCUT2D eigenvalue weighted by Crippen LogP contribution is 2.45. The molecule has 0 aliphatic rings. The molecule has 0 amide bonds. The third kappa shape index (κ3) is 7.43. The first-order valence-corrected chi connectivity index (χ1v) is 12.5. The van der Waals surface area contributed by atoms with E-state index in [9.17, 15) is 20.1 Å². The average Bonchev–Trinajstić information content (AvgIpc) is 2.97. The van der Waals surface area contributed by atoms with Crippen LogP contribution < -0.4 is 9.47 Å². The first-order chi connectivity index (χ1) is 20.2. The zero-order valence-corrected chi connectivity index (χ0v) is 23.5. The molecular weight excluding hydrogens is 601 g/mol. The lowest BCUT2D eigenvalue weighted by Crippen LogP contribution is -2.10. The van der Waals surface area contributed by atoms with E-state index in [2.05, 4.69) is 0 Å². The molecule has 218 valence electrons. The van der Waals surface area contributed by atoms with E-state index < -0.39 is 46.2 Å². The van der Waals surface area contributed by atoms with Gasteiger partial charge in [-0.3, -0.25) is 0 Å². The number of ether oxygens (including phenoxy) is 6. The van der Waals surface area contributed by atoms with Crippen LogP contribution in [0.15, 0.2) is 36.4 Å². The molecule has 3 aromatic carbocycles. The normalized spacial score (nSPS) is 10.4. The molecule has 0 aromatic heterocycles. The van der Waals surface area contributed by atoms with Gasteiger partial charge in [-0.15, -0.1) is 0 Å². The van der Waals surface area contributed by atoms with Crippen LogP contribution in [-0.2, 0) is 18.9 Å². The molecular formula is C28H20Cl2F2N2O8. The summed E-state index contributed by atoms with van der Waals surface area (Å²) in [7, 11) is 2.87. The van der Waals surface area contributed by atoms with Crippen molar-refractivity contribution in [3.05, 3.63) is 80.3 Å². The zero-order chi connectivity index (χ0) is 30.8. The van der Waals surface area contributed by atoms with Gasteiger partial charge in [0.1, 0.15) is 48.0 Å². The van der Waals surface area contributed by atoms with Gasteiger partial charge < -0.3 is 28.4 Å². The number of benzene rings is 3. The number of nitriles is 2. The molecule has 0 aliphatic carbocycles. The summed E-state index contributed by atoms with van der Waals surface area (Å²) in [5.41, 5.74) is -1.85. The van der Waals surface area contributed by atoms with E-state index in [1.54, 1.807) is 0 Å². The van der Waals surface area contributed by atoms with E-state index in [1.807, 2.05) is 0 Å². The highest BCUT2D eigenvalue weighted by Gasteiger charge is 2.30. The highest BCUT2D eigenvalue weighted by atomic mass is 35.5. The third-order valence-electron chi connectivity index (χ3n) is 5.32. The molecule has 14 heteroatoms. The Kier molecular flexibility index (Phi) is 11.4. The van der Waals surface area contributed by atoms with E-state index in [-0.39, 0.29) is 59.1 Å². The number of halogens is 4. The lowest BCUT2D eigenvalue weighted by Gasteiger charge is -2.17. The number of methoxy groups -OCH3 is 2. The Bertz CT molecular complexity index is 1470. The molecule has 0 aliphatic heterocycles. The SMILES string of the molecule is COCCOC(=O)c1ccc(Oc2c(F)c(C#N)c(C#N)c(F)c2Oc2ccc(C(=O)OCCOC)cc2Cl)c(Cl)c1. The van der Waals surface area contributed by atoms with Crippen molar-refractivity contribution in [2.45, 2.75) is 0 Å². The van der Waals surface area contributed by atoms with Crippen LogP contribution in [0.2, 0.25) is 10.0 Å². The van der Waals surface area contributed by atoms with Crippen LogP contribution in [0.25, 0.3) is 0 Å². The van der Waals surface area contributed by atoms with Gasteiger partial charge in [-0.1, -0.05) is 23.2 Å². The van der Waals surface area contributed by atoms with Crippen molar-refractivity contribution in [3.8, 4) is 35.1 Å². The second kappa shape index (κ2) is 15.0. The van der Waals surface area contributed by atoms with Gasteiger partial charge in [-0.25, -0.2) is 18.4 Å². The zero-order valence-electron chi connectivity index (χ0n) is 22.0. The van der Waals surface area contributed by atoms with Crippen LogP contribution in [0.3, 0.4) is 0 Å². The molecule has 0 heterocycles. The highest BCUT2D eigenvalue weighted by molar-refractivity contribution is 6.32. The average molecular weight is 621 g/mol. The van der Waals surface area contributed by atoms with Gasteiger partial charge in [0.2, 0.25) is 11.5 Å². The van der Waals surface area contributed by atoms with E-state index in [4.69, 9.17) is 51.6 Å². The molecule has 0 saturated carbocycles. The molecule has 0 spiro atoms. The summed E-state index contributed by atoms with van der Waals surface area (Å²) < 4.78 is 61.7. The minimum atomic E-state index is -1.43. The van der Waals surface area contributed by atoms with E-state index >= 15 is 8.78 Å². The Balaban J connectivity index is 2.01. The second-order valence-electron chi connectivity index (χ2n) is 8.01. The smallest absolute Gasteiger partial charge is 0.338 e. The number of hydrogen-bond acceptors (Lipinski definition) is 10. The summed E-state index contributed by atoms with van der Waals surface area (Å²) in [4.78, 5) is 24.4. The second-order valence-corrected chi connectivity index (χ2v) is 8.83. The van der Waals surface area contributed by atoms with E-state index in [0.717, 1.165) is 12.1 Å². The number of carbonyl (C=O) groups excluding carboxylic acids is 2. The third-order valence-corrected chi connectivity index (χ3v) is 5.91. The molecule has 0 radical (unpaired) electrons. The number of esters is 2. The minimum Gasteiger partial charge on any atom is -0.460 e. The molecule has 0 bridgehead atoms. The summed E-state index contributed by atoms with van der Waals surface area (Å²) >= 11 is 12.5. The molecule has 0 atom stereocenters. The van der Waals surface area contributed by atoms with Crippen LogP contribution >= 0.6 is 23.2 Å². The largest absolute Gasteiger partial charge is 0.460 e. The van der Waals surface area contributed by atoms with Gasteiger partial charge >= 0.3 is 11.9 Å². The number of hydrogen-bond donors (Lipinski definition) is 0. The maximum Gasteiger partial charge on any atom is 0.338 e. The van der Waals surface area contributed by atoms with Crippen molar-refractivity contribution >= 4 is 35.1 Å². The van der Waals surface area contributed by atoms with Gasteiger partial charge in [0.25, 0.3) is 0 Å². The van der Waals surface area contributed by atoms with E-state index in [1.165, 1.54) is 50.6 Å². The van der Waals surface area contributed by atoms with Gasteiger partial charge in [-0.2, -0.15) is 10.5 Å². The Morgan fingerprint density at radius 2 is 1.10 bits per heavy atom. The van der Waals surface area contributed by atoms with Gasteiger partial charge in [0.15, 0.2) is 11.6 Å². The maximum absolute atomic E-state index is 15.5. The number of nitrogens with zero attached hydrogens (tertiary/aromatic N) is 2. The Hall–Kier alpha value is -4.46. The van der Waals surface area contributed by atoms with Crippen LogP contribution in [0, 0.1) is 34.3 Å². The number of carbonyl (C=O) groups is 2. The monoisotopic (exact) mass is 620 g/mol. The summed E-state index contributed by atoms with van der Waals surface area (Å²) in [6.45, 7) is 0.299. The minimum absolute atomic E-state index is 0.0168. The fourth-order valence-electron chi connectivity index (χ4n) is 3.28. The standard InChI is InChI=1S/C28H20Cl2F2N2O8/c1-37-7-9-39-27(35)15-3-5-21(19(29)11-15)41-25-23(31)17(13-33)18(14-34)24(32)26(25)42-22-6-4-16(12-20(22)30)28(36)40-10-8-38-2/h3-6,11-12H,7-10H2,1-2H3. The first kappa shape index (κ1) is 32.1. The molecule has 3 rings (SSSR count). The predicted molar refractivity (Wildman–Crippen MR) is 143 cm³/mol. The summed E-state index contributed by atoms with van der Waals surface area (Å²) in [5.74, 6) is -6.73. The quantitative estimate of drug-likeness (QED) is 0.170. The predicted octanol–water partition coefficient (Wildman–Crippen LogP) is 6.21. The van der Waals surface area contributed by atoms with Gasteiger partial charge in [0.05, 0.1) is 34.4 Å². The molecule has 10 nitrogen and oxygen atoms in total. The maximum atomic E-state index is 15.5. The van der Waals surface area contributed by atoms with Crippen molar-refractivity contribution in [1.29, 1.82) is 10.5 Å². The topological polar surface area (TPSA) is 137 Å². The van der Waals surface area contributed by atoms with Crippen molar-refractivity contribution in [3.63, 3.8) is 0 Å². The molecule has 42 heavy (non-hydrogen) atoms. The van der Waals surface area contributed by atoms with Crippen molar-refractivity contribution in [1.82, 2.24) is 0 Å². The van der Waals surface area contributed by atoms with Crippen LogP contribution in [0.1, 0.15) is 31.8 Å². The summed E-state index contributed by atoms with van der Waals surface area (Å²) in [6, 6.07) is 10.0. The molecule has 0 saturated heterocycles. The van der Waals surface area contributed by atoms with Gasteiger partial charge in [-0.05, 0) is 36.4 Å². The van der Waals surface area contributed by atoms with Crippen molar-refractivity contribution in [2.75, 3.05) is 40.6 Å². The molecule has 0 unspecified atom stereocenters. The van der Waals surface area contributed by atoms with E-state index in [0.29, 0.717) is 0 Å². The van der Waals surface area contributed by atoms with Crippen LogP contribution in [0.5, 0.6) is 23.0 Å². The Labute approximate surface area is 248 Å². The van der Waals surface area contributed by atoms with Crippen molar-refractivity contribution < 1.29 is 46.8 Å². The fourth-order valence-corrected chi connectivity index (χ4v) is 3.72. The summed E-state index contributed by atoms with van der Waals surface area (Å²) in [5, 5.41) is 18.4. The lowest BCUT2D eigenvalue weighted by molar-refractivity contribution is 0.0381. The molecule has 0 fully saturated rings. The lowest BCUT2D eigenvalue weighted by atomic mass is 10.1. The van der Waals surface area contributed by atoms with Crippen LogP contribution in [0.4, 0.5) is 8.78 Å². The number of rotatable bonds is 12. The Morgan fingerprint density at radius 3 is 1.40 bits per heavy atom. The fraction of sp³-hybridized carbons (Fsp3) is 0.214. The molecule has 3 aromatic rings. The van der Waals surface area contributed by atoms with Gasteiger partial charge in [0, 0.05) is 14.2 Å². The summed E-state index contributed by atoms with van der Waals surface area (Å²) in [6.07, 6.45) is 0. The van der Waals surface area contributed by atoms with Crippen molar-refractivity contribution in [2.24, 2.45) is 0 Å². The first-order valence-electron chi connectivity index (χ1n) is 11.8. The Morgan fingerprint density at radius 1 is 0.714 bits per heavy atom.